The molecule has 0 bridgehead atoms. The molecule has 2 aromatic carbocycles. The van der Waals surface area contributed by atoms with Crippen molar-refractivity contribution in [3.05, 3.63) is 65.2 Å². The molecule has 1 saturated heterocycles. The molecule has 0 spiro atoms. The molecule has 1 aliphatic heterocycles. The maximum absolute atomic E-state index is 14.6. The minimum Gasteiger partial charge on any atom is -0.378 e. The number of rotatable bonds is 5. The topological polar surface area (TPSA) is 93.4 Å². The van der Waals surface area contributed by atoms with Crippen molar-refractivity contribution in [1.82, 2.24) is 10.2 Å². The Balaban J connectivity index is 1.72. The number of ether oxygens (including phenoxy) is 1. The molecule has 0 atom stereocenters. The summed E-state index contributed by atoms with van der Waals surface area (Å²) in [5, 5.41) is 11.0. The normalized spacial score (nSPS) is 13.9. The maximum Gasteiger partial charge on any atom is 0.271 e. The first-order valence-electron chi connectivity index (χ1n) is 9.34. The quantitative estimate of drug-likeness (QED) is 0.646. The van der Waals surface area contributed by atoms with Gasteiger partial charge in [-0.05, 0) is 36.4 Å². The standard InChI is InChI=1S/C21H19ClFN5O2/c22-16-2-1-3-17(23)18(16)15-12-25-27-20(21(24)29)19(15)26-13-4-6-14(7-5-13)28-8-10-30-11-9-28/h1-7,12H,8-11H2,(H2,24,29)(H,25,26). The van der Waals surface area contributed by atoms with Crippen LogP contribution in [-0.4, -0.2) is 42.4 Å². The van der Waals surface area contributed by atoms with E-state index in [2.05, 4.69) is 20.4 Å². The van der Waals surface area contributed by atoms with Crippen LogP contribution in [0.5, 0.6) is 0 Å². The zero-order valence-corrected chi connectivity index (χ0v) is 16.7. The number of nitrogens with one attached hydrogen (secondary N) is 1. The molecule has 1 amide bonds. The van der Waals surface area contributed by atoms with Gasteiger partial charge in [0, 0.05) is 35.6 Å². The molecule has 3 aromatic rings. The fraction of sp³-hybridized carbons (Fsp3) is 0.190. The minimum absolute atomic E-state index is 0.107. The number of hydrogen-bond acceptors (Lipinski definition) is 6. The van der Waals surface area contributed by atoms with E-state index in [1.54, 1.807) is 6.07 Å². The minimum atomic E-state index is -0.788. The summed E-state index contributed by atoms with van der Waals surface area (Å²) in [5.74, 6) is -1.33. The first-order chi connectivity index (χ1) is 14.5. The smallest absolute Gasteiger partial charge is 0.271 e. The highest BCUT2D eigenvalue weighted by Crippen LogP contribution is 2.37. The van der Waals surface area contributed by atoms with E-state index in [-0.39, 0.29) is 22.0 Å². The molecule has 1 aliphatic rings. The van der Waals surface area contributed by atoms with Crippen LogP contribution in [0.1, 0.15) is 10.5 Å². The van der Waals surface area contributed by atoms with Gasteiger partial charge in [-0.25, -0.2) is 4.39 Å². The molecule has 4 rings (SSSR count). The molecule has 1 aromatic heterocycles. The second kappa shape index (κ2) is 8.64. The number of anilines is 3. The number of primary amides is 1. The first kappa shape index (κ1) is 20.1. The highest BCUT2D eigenvalue weighted by Gasteiger charge is 2.21. The summed E-state index contributed by atoms with van der Waals surface area (Å²) < 4.78 is 19.9. The zero-order valence-electron chi connectivity index (χ0n) is 15.9. The lowest BCUT2D eigenvalue weighted by Crippen LogP contribution is -2.36. The number of carbonyl (C=O) groups excluding carboxylic acids is 1. The highest BCUT2D eigenvalue weighted by molar-refractivity contribution is 6.33. The summed E-state index contributed by atoms with van der Waals surface area (Å²) in [4.78, 5) is 14.2. The lowest BCUT2D eigenvalue weighted by Gasteiger charge is -2.29. The van der Waals surface area contributed by atoms with E-state index in [4.69, 9.17) is 22.1 Å². The summed E-state index contributed by atoms with van der Waals surface area (Å²) in [5.41, 5.74) is 7.76. The van der Waals surface area contributed by atoms with E-state index in [0.29, 0.717) is 24.5 Å². The molecule has 154 valence electrons. The zero-order chi connectivity index (χ0) is 21.1. The summed E-state index contributed by atoms with van der Waals surface area (Å²) in [6.45, 7) is 3.03. The van der Waals surface area contributed by atoms with Crippen molar-refractivity contribution in [2.75, 3.05) is 36.5 Å². The van der Waals surface area contributed by atoms with Crippen molar-refractivity contribution in [1.29, 1.82) is 0 Å². The highest BCUT2D eigenvalue weighted by atomic mass is 35.5. The van der Waals surface area contributed by atoms with E-state index in [0.717, 1.165) is 18.8 Å². The average Bonchev–Trinajstić information content (AvgIpc) is 2.75. The molecule has 0 aliphatic carbocycles. The van der Waals surface area contributed by atoms with Crippen LogP contribution in [0.2, 0.25) is 5.02 Å². The molecule has 30 heavy (non-hydrogen) atoms. The van der Waals surface area contributed by atoms with Crippen molar-refractivity contribution >= 4 is 34.6 Å². The van der Waals surface area contributed by atoms with Crippen molar-refractivity contribution in [3.63, 3.8) is 0 Å². The fourth-order valence-electron chi connectivity index (χ4n) is 3.35. The van der Waals surface area contributed by atoms with Crippen molar-refractivity contribution < 1.29 is 13.9 Å². The van der Waals surface area contributed by atoms with Gasteiger partial charge in [-0.15, -0.1) is 5.10 Å². The molecular weight excluding hydrogens is 409 g/mol. The van der Waals surface area contributed by atoms with Crippen molar-refractivity contribution in [3.8, 4) is 11.1 Å². The number of benzene rings is 2. The van der Waals surface area contributed by atoms with Gasteiger partial charge in [-0.3, -0.25) is 4.79 Å². The molecular formula is C21H19ClFN5O2. The van der Waals surface area contributed by atoms with Crippen LogP contribution in [0.3, 0.4) is 0 Å². The molecule has 3 N–H and O–H groups in total. The Labute approximate surface area is 177 Å². The monoisotopic (exact) mass is 427 g/mol. The average molecular weight is 428 g/mol. The van der Waals surface area contributed by atoms with Gasteiger partial charge in [0.25, 0.3) is 5.91 Å². The third-order valence-electron chi connectivity index (χ3n) is 4.83. The van der Waals surface area contributed by atoms with E-state index >= 15 is 0 Å². The van der Waals surface area contributed by atoms with Gasteiger partial charge in [0.15, 0.2) is 5.69 Å². The van der Waals surface area contributed by atoms with E-state index in [1.807, 2.05) is 24.3 Å². The first-order valence-corrected chi connectivity index (χ1v) is 9.72. The van der Waals surface area contributed by atoms with Crippen LogP contribution in [-0.2, 0) is 4.74 Å². The van der Waals surface area contributed by atoms with Gasteiger partial charge < -0.3 is 20.7 Å². The SMILES string of the molecule is NC(=O)c1nncc(-c2c(F)cccc2Cl)c1Nc1ccc(N2CCOCC2)cc1. The molecule has 0 radical (unpaired) electrons. The Morgan fingerprint density at radius 2 is 1.90 bits per heavy atom. The van der Waals surface area contributed by atoms with Gasteiger partial charge in [0.05, 0.1) is 30.1 Å². The number of nitrogens with two attached hydrogens (primary N) is 1. The van der Waals surface area contributed by atoms with Crippen molar-refractivity contribution in [2.24, 2.45) is 5.73 Å². The lowest BCUT2D eigenvalue weighted by atomic mass is 10.0. The Bertz CT molecular complexity index is 1050. The van der Waals surface area contributed by atoms with Crippen molar-refractivity contribution in [2.45, 2.75) is 0 Å². The third kappa shape index (κ3) is 4.05. The second-order valence-electron chi connectivity index (χ2n) is 6.71. The van der Waals surface area contributed by atoms with Crippen LogP contribution in [0.25, 0.3) is 11.1 Å². The lowest BCUT2D eigenvalue weighted by molar-refractivity contribution is 0.0995. The summed E-state index contributed by atoms with van der Waals surface area (Å²) in [6, 6.07) is 12.0. The Morgan fingerprint density at radius 1 is 1.17 bits per heavy atom. The molecule has 0 unspecified atom stereocenters. The molecule has 0 saturated carbocycles. The van der Waals surface area contributed by atoms with Crippen LogP contribution in [0.4, 0.5) is 21.5 Å². The van der Waals surface area contributed by atoms with Gasteiger partial charge in [-0.1, -0.05) is 17.7 Å². The van der Waals surface area contributed by atoms with E-state index in [9.17, 15) is 9.18 Å². The number of halogens is 2. The van der Waals surface area contributed by atoms with Gasteiger partial charge in [-0.2, -0.15) is 5.10 Å². The molecule has 2 heterocycles. The number of morpholine rings is 1. The maximum atomic E-state index is 14.6. The number of carbonyl (C=O) groups is 1. The number of amides is 1. The van der Waals surface area contributed by atoms with Crippen LogP contribution in [0.15, 0.2) is 48.7 Å². The second-order valence-corrected chi connectivity index (χ2v) is 7.12. The molecule has 9 heteroatoms. The van der Waals surface area contributed by atoms with Gasteiger partial charge in [0.2, 0.25) is 0 Å². The summed E-state index contributed by atoms with van der Waals surface area (Å²) >= 11 is 6.23. The fourth-order valence-corrected chi connectivity index (χ4v) is 3.62. The number of hydrogen-bond donors (Lipinski definition) is 2. The van der Waals surface area contributed by atoms with Gasteiger partial charge >= 0.3 is 0 Å². The molecule has 1 fully saturated rings. The predicted octanol–water partition coefficient (Wildman–Crippen LogP) is 3.62. The van der Waals surface area contributed by atoms with Gasteiger partial charge in [0.1, 0.15) is 5.82 Å². The largest absolute Gasteiger partial charge is 0.378 e. The van der Waals surface area contributed by atoms with E-state index in [1.165, 1.54) is 18.3 Å². The van der Waals surface area contributed by atoms with Crippen LogP contribution < -0.4 is 16.0 Å². The number of aromatic nitrogens is 2. The number of nitrogens with zero attached hydrogens (tertiary/aromatic N) is 3. The Morgan fingerprint density at radius 3 is 2.57 bits per heavy atom. The van der Waals surface area contributed by atoms with E-state index < -0.39 is 11.7 Å². The summed E-state index contributed by atoms with van der Waals surface area (Å²) in [7, 11) is 0. The van der Waals surface area contributed by atoms with Crippen LogP contribution in [0, 0.1) is 5.82 Å². The summed E-state index contributed by atoms with van der Waals surface area (Å²) in [6.07, 6.45) is 1.35. The van der Waals surface area contributed by atoms with Crippen LogP contribution >= 0.6 is 11.6 Å². The Kier molecular flexibility index (Phi) is 5.78. The predicted molar refractivity (Wildman–Crippen MR) is 114 cm³/mol. The molecule has 7 nitrogen and oxygen atoms in total. The third-order valence-corrected chi connectivity index (χ3v) is 5.14. The Hall–Kier alpha value is -3.23.